The van der Waals surface area contributed by atoms with Gasteiger partial charge in [-0.15, -0.1) is 0 Å². The number of aryl methyl sites for hydroxylation is 1. The number of fused-ring (bicyclic) bond motifs is 2. The number of ether oxygens (including phenoxy) is 4. The molecule has 0 radical (unpaired) electrons. The topological polar surface area (TPSA) is 66.4 Å². The fraction of sp³-hybridized carbons (Fsp3) is 0.576. The molecule has 222 valence electrons. The van der Waals surface area contributed by atoms with E-state index in [1.54, 1.807) is 14.2 Å². The zero-order valence-corrected chi connectivity index (χ0v) is 27.8. The number of hydrogen-bond donors (Lipinski definition) is 1. The second-order valence-corrected chi connectivity index (χ2v) is 17.6. The van der Waals surface area contributed by atoms with E-state index in [-0.39, 0.29) is 23.4 Å². The molecule has 0 aliphatic rings. The van der Waals surface area contributed by atoms with Crippen LogP contribution in [0.15, 0.2) is 24.3 Å². The molecule has 0 spiro atoms. The van der Waals surface area contributed by atoms with Crippen LogP contribution in [0, 0.1) is 6.92 Å². The molecule has 7 heteroatoms. The van der Waals surface area contributed by atoms with Crippen LogP contribution in [-0.2, 0) is 4.43 Å². The molecule has 0 saturated heterocycles. The normalized spacial score (nSPS) is 14.2. The molecule has 3 rings (SSSR count). The number of aliphatic hydroxyl groups excluding tert-OH is 1. The van der Waals surface area contributed by atoms with Gasteiger partial charge >= 0.3 is 0 Å². The summed E-state index contributed by atoms with van der Waals surface area (Å²) >= 11 is 0. The standard InChI is InChI=1S/C33H50O6Si/c1-19(2)37-26-16-14-15-23-28(26)31(36-11)29-24(30(23)35-10)17-21(5)27(32(29)38-20(3)4)25(34)18-22(6)39-40(12,13)33(7,8)9/h14-17,19-20,22,25,34H,18H2,1-13H3. The van der Waals surface area contributed by atoms with Crippen molar-refractivity contribution in [2.45, 2.75) is 111 Å². The molecule has 0 fully saturated rings. The van der Waals surface area contributed by atoms with Crippen LogP contribution >= 0.6 is 0 Å². The molecule has 1 N–H and O–H groups in total. The fourth-order valence-electron chi connectivity index (χ4n) is 5.14. The van der Waals surface area contributed by atoms with Crippen molar-refractivity contribution >= 4 is 29.9 Å². The Labute approximate surface area is 242 Å². The van der Waals surface area contributed by atoms with Crippen molar-refractivity contribution in [1.82, 2.24) is 0 Å². The molecule has 0 heterocycles. The number of aliphatic hydroxyl groups is 1. The average molecular weight is 571 g/mol. The second kappa shape index (κ2) is 12.2. The van der Waals surface area contributed by atoms with Gasteiger partial charge in [0.15, 0.2) is 8.32 Å². The zero-order valence-electron chi connectivity index (χ0n) is 26.8. The Morgan fingerprint density at radius 2 is 1.43 bits per heavy atom. The van der Waals surface area contributed by atoms with Crippen molar-refractivity contribution in [2.24, 2.45) is 0 Å². The Morgan fingerprint density at radius 1 is 0.825 bits per heavy atom. The Hall–Kier alpha value is -2.48. The molecule has 0 aliphatic heterocycles. The fourth-order valence-corrected chi connectivity index (χ4v) is 6.60. The molecule has 3 aromatic rings. The third-order valence-corrected chi connectivity index (χ3v) is 12.4. The van der Waals surface area contributed by atoms with Crippen molar-refractivity contribution in [2.75, 3.05) is 14.2 Å². The third-order valence-electron chi connectivity index (χ3n) is 7.81. The second-order valence-electron chi connectivity index (χ2n) is 12.9. The van der Waals surface area contributed by atoms with Crippen molar-refractivity contribution in [1.29, 1.82) is 0 Å². The molecule has 0 aliphatic carbocycles. The highest BCUT2D eigenvalue weighted by Gasteiger charge is 2.39. The van der Waals surface area contributed by atoms with Gasteiger partial charge in [-0.3, -0.25) is 0 Å². The highest BCUT2D eigenvalue weighted by Crippen LogP contribution is 2.52. The van der Waals surface area contributed by atoms with Crippen LogP contribution in [0.1, 0.15) is 79.0 Å². The highest BCUT2D eigenvalue weighted by atomic mass is 28.4. The van der Waals surface area contributed by atoms with Gasteiger partial charge in [0.25, 0.3) is 0 Å². The average Bonchev–Trinajstić information content (AvgIpc) is 2.80. The van der Waals surface area contributed by atoms with E-state index in [4.69, 9.17) is 23.4 Å². The van der Waals surface area contributed by atoms with E-state index in [1.165, 1.54) is 0 Å². The summed E-state index contributed by atoms with van der Waals surface area (Å²) in [7, 11) is 1.34. The van der Waals surface area contributed by atoms with E-state index >= 15 is 0 Å². The molecule has 3 aromatic carbocycles. The first-order valence-corrected chi connectivity index (χ1v) is 17.3. The van der Waals surface area contributed by atoms with Crippen LogP contribution in [0.3, 0.4) is 0 Å². The Morgan fingerprint density at radius 3 is 1.95 bits per heavy atom. The highest BCUT2D eigenvalue weighted by molar-refractivity contribution is 6.74. The summed E-state index contributed by atoms with van der Waals surface area (Å²) in [5.74, 6) is 2.66. The van der Waals surface area contributed by atoms with Gasteiger partial charge < -0.3 is 28.5 Å². The largest absolute Gasteiger partial charge is 0.495 e. The summed E-state index contributed by atoms with van der Waals surface area (Å²) in [4.78, 5) is 0. The summed E-state index contributed by atoms with van der Waals surface area (Å²) in [6.45, 7) is 23.2. The number of benzene rings is 3. The van der Waals surface area contributed by atoms with Crippen molar-refractivity contribution in [3.8, 4) is 23.0 Å². The molecule has 0 aromatic heterocycles. The Kier molecular flexibility index (Phi) is 9.75. The third kappa shape index (κ3) is 6.37. The Balaban J connectivity index is 2.33. The van der Waals surface area contributed by atoms with E-state index < -0.39 is 14.4 Å². The van der Waals surface area contributed by atoms with Crippen LogP contribution in [0.2, 0.25) is 18.1 Å². The molecule has 0 saturated carbocycles. The molecule has 40 heavy (non-hydrogen) atoms. The molecule has 6 nitrogen and oxygen atoms in total. The summed E-state index contributed by atoms with van der Waals surface area (Å²) in [5.41, 5.74) is 1.67. The monoisotopic (exact) mass is 570 g/mol. The first-order valence-electron chi connectivity index (χ1n) is 14.4. The van der Waals surface area contributed by atoms with Gasteiger partial charge in [0.1, 0.15) is 23.0 Å². The lowest BCUT2D eigenvalue weighted by molar-refractivity contribution is 0.0921. The summed E-state index contributed by atoms with van der Waals surface area (Å²) in [6, 6.07) is 8.00. The maximum absolute atomic E-state index is 11.8. The predicted octanol–water partition coefficient (Wildman–Crippen LogP) is 8.73. The van der Waals surface area contributed by atoms with Crippen LogP contribution in [0.5, 0.6) is 23.0 Å². The maximum atomic E-state index is 11.8. The molecule has 0 bridgehead atoms. The van der Waals surface area contributed by atoms with Crippen molar-refractivity contribution in [3.05, 3.63) is 35.4 Å². The quantitative estimate of drug-likeness (QED) is 0.184. The summed E-state index contributed by atoms with van der Waals surface area (Å²) in [6.07, 6.45) is -0.641. The van der Waals surface area contributed by atoms with Gasteiger partial charge in [-0.2, -0.15) is 0 Å². The number of hydrogen-bond acceptors (Lipinski definition) is 6. The minimum Gasteiger partial charge on any atom is -0.495 e. The molecular weight excluding hydrogens is 520 g/mol. The lowest BCUT2D eigenvalue weighted by Gasteiger charge is -2.39. The number of rotatable bonds is 11. The zero-order chi connectivity index (χ0) is 30.2. The lowest BCUT2D eigenvalue weighted by atomic mass is 9.91. The molecule has 2 unspecified atom stereocenters. The van der Waals surface area contributed by atoms with Gasteiger partial charge in [0, 0.05) is 28.9 Å². The van der Waals surface area contributed by atoms with Crippen LogP contribution in [-0.4, -0.2) is 46.0 Å². The minimum absolute atomic E-state index is 0.0267. The van der Waals surface area contributed by atoms with Gasteiger partial charge in [0.05, 0.1) is 43.3 Å². The van der Waals surface area contributed by atoms with Gasteiger partial charge in [-0.1, -0.05) is 32.9 Å². The first kappa shape index (κ1) is 32.0. The minimum atomic E-state index is -2.00. The van der Waals surface area contributed by atoms with Crippen LogP contribution in [0.4, 0.5) is 0 Å². The van der Waals surface area contributed by atoms with E-state index in [2.05, 4.69) is 46.9 Å². The van der Waals surface area contributed by atoms with E-state index in [0.717, 1.165) is 32.7 Å². The van der Waals surface area contributed by atoms with Crippen molar-refractivity contribution < 1.29 is 28.5 Å². The summed E-state index contributed by atoms with van der Waals surface area (Å²) in [5, 5.41) is 15.2. The molecule has 0 amide bonds. The van der Waals surface area contributed by atoms with E-state index in [1.807, 2.05) is 52.8 Å². The molecular formula is C33H50O6Si. The predicted molar refractivity (Wildman–Crippen MR) is 168 cm³/mol. The van der Waals surface area contributed by atoms with Crippen LogP contribution in [0.25, 0.3) is 21.5 Å². The summed E-state index contributed by atoms with van der Waals surface area (Å²) < 4.78 is 31.5. The van der Waals surface area contributed by atoms with Gasteiger partial charge in [-0.25, -0.2) is 0 Å². The molecule has 2 atom stereocenters. The van der Waals surface area contributed by atoms with Crippen LogP contribution < -0.4 is 18.9 Å². The number of methoxy groups -OCH3 is 2. The maximum Gasteiger partial charge on any atom is 0.192 e. The van der Waals surface area contributed by atoms with E-state index in [9.17, 15) is 5.11 Å². The lowest BCUT2D eigenvalue weighted by Crippen LogP contribution is -2.43. The van der Waals surface area contributed by atoms with Gasteiger partial charge in [-0.05, 0) is 77.4 Å². The first-order chi connectivity index (χ1) is 18.5. The van der Waals surface area contributed by atoms with Gasteiger partial charge in [0.2, 0.25) is 0 Å². The smallest absolute Gasteiger partial charge is 0.192 e. The SMILES string of the molecule is COc1c2cccc(OC(C)C)c2c(OC)c2c(OC(C)C)c(C(O)CC(C)O[Si](C)(C)C(C)(C)C)c(C)cc12. The van der Waals surface area contributed by atoms with Crippen molar-refractivity contribution in [3.63, 3.8) is 0 Å². The van der Waals surface area contributed by atoms with E-state index in [0.29, 0.717) is 29.4 Å². The Bertz CT molecular complexity index is 1340.